The molecule has 1 atom stereocenters. The second kappa shape index (κ2) is 9.09. The number of pyridine rings is 1. The number of anilines is 2. The fourth-order valence-electron chi connectivity index (χ4n) is 4.76. The van der Waals surface area contributed by atoms with Gasteiger partial charge in [0.25, 0.3) is 6.43 Å². The first-order valence-corrected chi connectivity index (χ1v) is 11.5. The predicted molar refractivity (Wildman–Crippen MR) is 121 cm³/mol. The van der Waals surface area contributed by atoms with Gasteiger partial charge in [0.2, 0.25) is 0 Å². The van der Waals surface area contributed by atoms with Crippen LogP contribution >= 0.6 is 0 Å². The van der Waals surface area contributed by atoms with Gasteiger partial charge >= 0.3 is 6.03 Å². The van der Waals surface area contributed by atoms with Gasteiger partial charge in [-0.15, -0.1) is 0 Å². The zero-order valence-electron chi connectivity index (χ0n) is 18.6. The fourth-order valence-corrected chi connectivity index (χ4v) is 4.76. The Hall–Kier alpha value is -3.01. The van der Waals surface area contributed by atoms with E-state index in [9.17, 15) is 13.6 Å². The van der Waals surface area contributed by atoms with E-state index < -0.39 is 18.2 Å². The van der Waals surface area contributed by atoms with Crippen molar-refractivity contribution in [2.45, 2.75) is 57.5 Å². The van der Waals surface area contributed by atoms with Crippen molar-refractivity contribution in [1.82, 2.24) is 19.3 Å². The largest absolute Gasteiger partial charge is 0.377 e. The Morgan fingerprint density at radius 2 is 2.03 bits per heavy atom. The van der Waals surface area contributed by atoms with E-state index in [4.69, 9.17) is 9.72 Å². The van der Waals surface area contributed by atoms with Crippen molar-refractivity contribution in [3.8, 4) is 0 Å². The first kappa shape index (κ1) is 21.8. The molecule has 2 fully saturated rings. The van der Waals surface area contributed by atoms with Gasteiger partial charge in [-0.25, -0.2) is 18.6 Å². The van der Waals surface area contributed by atoms with Gasteiger partial charge in [0, 0.05) is 24.3 Å². The summed E-state index contributed by atoms with van der Waals surface area (Å²) in [6.45, 7) is 4.01. The zero-order chi connectivity index (χ0) is 22.9. The van der Waals surface area contributed by atoms with Crippen LogP contribution in [0.2, 0.25) is 0 Å². The lowest BCUT2D eigenvalue weighted by molar-refractivity contribution is 0.0985. The summed E-state index contributed by atoms with van der Waals surface area (Å²) in [7, 11) is 0. The van der Waals surface area contributed by atoms with Crippen LogP contribution in [0.3, 0.4) is 0 Å². The van der Waals surface area contributed by atoms with Crippen molar-refractivity contribution in [1.29, 1.82) is 0 Å². The summed E-state index contributed by atoms with van der Waals surface area (Å²) >= 11 is 0. The van der Waals surface area contributed by atoms with Crippen LogP contribution in [-0.4, -0.2) is 51.2 Å². The second-order valence-electron chi connectivity index (χ2n) is 8.82. The number of halogens is 2. The highest BCUT2D eigenvalue weighted by Crippen LogP contribution is 2.32. The third kappa shape index (κ3) is 4.31. The fraction of sp³-hybridized carbons (Fsp3) is 0.522. The van der Waals surface area contributed by atoms with Gasteiger partial charge in [0.05, 0.1) is 31.0 Å². The van der Waals surface area contributed by atoms with Crippen LogP contribution in [0.1, 0.15) is 57.2 Å². The zero-order valence-corrected chi connectivity index (χ0v) is 18.6. The number of alkyl halides is 2. The second-order valence-corrected chi connectivity index (χ2v) is 8.82. The Labute approximate surface area is 190 Å². The standard InChI is InChI=1S/C23H28F2N6O2/c1-15-14-33-12-11-29(15)19-8-7-16-9-10-30(22(16)27-19)23(32)26-18-13-31(28-20(18)21(24)25)17-5-3-2-4-6-17/h7-10,13,15,17,21H,2-6,11-12,14H2,1H3,(H,26,32)/t15-/m1/s1. The van der Waals surface area contributed by atoms with E-state index >= 15 is 0 Å². The van der Waals surface area contributed by atoms with Crippen LogP contribution < -0.4 is 10.2 Å². The number of nitrogens with zero attached hydrogens (tertiary/aromatic N) is 5. The molecular weight excluding hydrogens is 430 g/mol. The Morgan fingerprint density at radius 1 is 1.21 bits per heavy atom. The highest BCUT2D eigenvalue weighted by Gasteiger charge is 2.25. The maximum Gasteiger partial charge on any atom is 0.331 e. The molecule has 33 heavy (non-hydrogen) atoms. The summed E-state index contributed by atoms with van der Waals surface area (Å²) in [4.78, 5) is 19.9. The molecular formula is C23H28F2N6O2. The molecule has 1 saturated heterocycles. The predicted octanol–water partition coefficient (Wildman–Crippen LogP) is 4.98. The van der Waals surface area contributed by atoms with Gasteiger partial charge in [-0.2, -0.15) is 5.10 Å². The van der Waals surface area contributed by atoms with Crippen molar-refractivity contribution in [2.75, 3.05) is 30.0 Å². The highest BCUT2D eigenvalue weighted by atomic mass is 19.3. The minimum absolute atomic E-state index is 0.0420. The SMILES string of the molecule is C[C@@H]1COCCN1c1ccc2ccn(C(=O)Nc3cn(C4CCCCC4)nc3C(F)F)c2n1. The van der Waals surface area contributed by atoms with Crippen LogP contribution in [0.4, 0.5) is 25.1 Å². The van der Waals surface area contributed by atoms with Gasteiger partial charge < -0.3 is 15.0 Å². The number of hydrogen-bond donors (Lipinski definition) is 1. The van der Waals surface area contributed by atoms with Crippen LogP contribution in [0.5, 0.6) is 0 Å². The van der Waals surface area contributed by atoms with Crippen LogP contribution in [0.25, 0.3) is 11.0 Å². The normalized spacial score (nSPS) is 20.0. The molecule has 0 radical (unpaired) electrons. The molecule has 4 heterocycles. The number of morpholine rings is 1. The summed E-state index contributed by atoms with van der Waals surface area (Å²) in [6.07, 6.45) is 5.45. The summed E-state index contributed by atoms with van der Waals surface area (Å²) in [5.74, 6) is 0.754. The summed E-state index contributed by atoms with van der Waals surface area (Å²) in [6, 6.07) is 5.34. The van der Waals surface area contributed by atoms with Crippen molar-refractivity contribution in [3.05, 3.63) is 36.3 Å². The van der Waals surface area contributed by atoms with E-state index in [1.54, 1.807) is 16.9 Å². The third-order valence-corrected chi connectivity index (χ3v) is 6.56. The van der Waals surface area contributed by atoms with Gasteiger partial charge in [-0.1, -0.05) is 19.3 Å². The van der Waals surface area contributed by atoms with E-state index in [1.807, 2.05) is 12.1 Å². The molecule has 176 valence electrons. The number of ether oxygens (including phenoxy) is 1. The first-order valence-electron chi connectivity index (χ1n) is 11.5. The van der Waals surface area contributed by atoms with Crippen LogP contribution in [0.15, 0.2) is 30.6 Å². The molecule has 1 N–H and O–H groups in total. The summed E-state index contributed by atoms with van der Waals surface area (Å²) in [5, 5.41) is 7.56. The average molecular weight is 459 g/mol. The van der Waals surface area contributed by atoms with Crippen molar-refractivity contribution >= 4 is 28.6 Å². The molecule has 1 amide bonds. The maximum atomic E-state index is 13.7. The first-order chi connectivity index (χ1) is 16.0. The number of nitrogens with one attached hydrogen (secondary N) is 1. The molecule has 5 rings (SSSR count). The summed E-state index contributed by atoms with van der Waals surface area (Å²) < 4.78 is 35.8. The number of carbonyl (C=O) groups excluding carboxylic acids is 1. The average Bonchev–Trinajstić information content (AvgIpc) is 3.44. The van der Waals surface area contributed by atoms with Crippen LogP contribution in [-0.2, 0) is 4.74 Å². The van der Waals surface area contributed by atoms with Gasteiger partial charge in [-0.05, 0) is 38.0 Å². The van der Waals surface area contributed by atoms with Crippen LogP contribution in [0, 0.1) is 0 Å². The Kier molecular flexibility index (Phi) is 6.01. The smallest absolute Gasteiger partial charge is 0.331 e. The molecule has 10 heteroatoms. The van der Waals surface area contributed by atoms with E-state index in [0.717, 1.165) is 43.3 Å². The highest BCUT2D eigenvalue weighted by molar-refractivity contribution is 5.97. The third-order valence-electron chi connectivity index (χ3n) is 6.56. The number of hydrogen-bond acceptors (Lipinski definition) is 5. The molecule has 0 unspecified atom stereocenters. The Morgan fingerprint density at radius 3 is 2.79 bits per heavy atom. The minimum Gasteiger partial charge on any atom is -0.377 e. The molecule has 1 aliphatic heterocycles. The molecule has 0 aromatic carbocycles. The maximum absolute atomic E-state index is 13.7. The van der Waals surface area contributed by atoms with E-state index in [-0.39, 0.29) is 17.8 Å². The summed E-state index contributed by atoms with van der Waals surface area (Å²) in [5.41, 5.74) is 0.114. The molecule has 3 aromatic rings. The van der Waals surface area contributed by atoms with Crippen molar-refractivity contribution in [3.63, 3.8) is 0 Å². The lowest BCUT2D eigenvalue weighted by atomic mass is 9.96. The van der Waals surface area contributed by atoms with E-state index in [0.29, 0.717) is 25.4 Å². The Bertz CT molecular complexity index is 1140. The molecule has 8 nitrogen and oxygen atoms in total. The Balaban J connectivity index is 1.42. The molecule has 1 saturated carbocycles. The quantitative estimate of drug-likeness (QED) is 0.597. The number of aromatic nitrogens is 4. The lowest BCUT2D eigenvalue weighted by Crippen LogP contribution is -2.44. The van der Waals surface area contributed by atoms with Crippen molar-refractivity contribution < 1.29 is 18.3 Å². The van der Waals surface area contributed by atoms with Crippen molar-refractivity contribution in [2.24, 2.45) is 0 Å². The molecule has 2 aliphatic rings. The van der Waals surface area contributed by atoms with E-state index in [2.05, 4.69) is 22.2 Å². The molecule has 1 aliphatic carbocycles. The van der Waals surface area contributed by atoms with Gasteiger partial charge in [0.1, 0.15) is 5.82 Å². The molecule has 0 bridgehead atoms. The lowest BCUT2D eigenvalue weighted by Gasteiger charge is -2.34. The minimum atomic E-state index is -2.78. The monoisotopic (exact) mass is 458 g/mol. The molecule has 0 spiro atoms. The number of rotatable bonds is 4. The van der Waals surface area contributed by atoms with Gasteiger partial charge in [-0.3, -0.25) is 9.25 Å². The number of amides is 1. The topological polar surface area (TPSA) is 77.2 Å². The number of fused-ring (bicyclic) bond motifs is 1. The number of carbonyl (C=O) groups is 1. The van der Waals surface area contributed by atoms with Gasteiger partial charge in [0.15, 0.2) is 11.3 Å². The van der Waals surface area contributed by atoms with E-state index in [1.165, 1.54) is 10.8 Å². The molecule has 3 aromatic heterocycles.